The number of amides is 2. The number of rotatable bonds is 8. The first-order chi connectivity index (χ1) is 12.9. The number of anilines is 1. The second-order valence-electron chi connectivity index (χ2n) is 6.21. The Balaban J connectivity index is 1.99. The summed E-state index contributed by atoms with van der Waals surface area (Å²) in [4.78, 5) is 41.4. The zero-order valence-corrected chi connectivity index (χ0v) is 17.5. The van der Waals surface area contributed by atoms with Crippen LogP contribution in [0.25, 0.3) is 0 Å². The number of hydroxylamine groups is 1. The average molecular weight is 416 g/mol. The summed E-state index contributed by atoms with van der Waals surface area (Å²) in [5.74, 6) is 0.776. The molecule has 27 heavy (non-hydrogen) atoms. The quantitative estimate of drug-likeness (QED) is 0.301. The van der Waals surface area contributed by atoms with Crippen LogP contribution in [0.15, 0.2) is 11.2 Å². The van der Waals surface area contributed by atoms with E-state index in [1.54, 1.807) is 13.0 Å². The molecule has 1 aromatic heterocycles. The molecule has 0 saturated carbocycles. The van der Waals surface area contributed by atoms with E-state index in [1.165, 1.54) is 11.8 Å². The first kappa shape index (κ1) is 21.7. The fraction of sp³-hybridized carbons (Fsp3) is 0.647. The van der Waals surface area contributed by atoms with Crippen molar-refractivity contribution in [2.45, 2.75) is 44.8 Å². The van der Waals surface area contributed by atoms with Crippen molar-refractivity contribution in [2.75, 3.05) is 36.9 Å². The van der Waals surface area contributed by atoms with E-state index in [2.05, 4.69) is 20.3 Å². The van der Waals surface area contributed by atoms with Crippen molar-refractivity contribution in [3.05, 3.63) is 11.2 Å². The Labute approximate surface area is 168 Å². The Morgan fingerprint density at radius 3 is 2.81 bits per heavy atom. The highest BCUT2D eigenvalue weighted by molar-refractivity contribution is 7.99. The van der Waals surface area contributed by atoms with Gasteiger partial charge in [0.05, 0.1) is 12.4 Å². The van der Waals surface area contributed by atoms with Gasteiger partial charge in [0.1, 0.15) is 11.0 Å². The minimum Gasteiger partial charge on any atom is -0.353 e. The molecule has 1 N–H and O–H groups in total. The normalized spacial score (nSPS) is 17.1. The van der Waals surface area contributed by atoms with Crippen LogP contribution in [0.3, 0.4) is 0 Å². The number of carbonyl (C=O) groups excluding carboxylic acids is 2. The first-order valence-electron chi connectivity index (χ1n) is 9.07. The van der Waals surface area contributed by atoms with Gasteiger partial charge in [-0.05, 0) is 20.3 Å². The van der Waals surface area contributed by atoms with E-state index in [0.717, 1.165) is 6.42 Å². The van der Waals surface area contributed by atoms with Crippen LogP contribution in [-0.2, 0) is 14.4 Å². The topological polar surface area (TPSA) is 87.7 Å². The number of halogens is 1. The Morgan fingerprint density at radius 1 is 1.37 bits per heavy atom. The summed E-state index contributed by atoms with van der Waals surface area (Å²) in [5.41, 5.74) is 2.33. The van der Waals surface area contributed by atoms with Crippen molar-refractivity contribution in [1.29, 1.82) is 0 Å². The molecule has 2 amide bonds. The molecule has 0 bridgehead atoms. The standard InChI is InChI=1S/C17H26ClN5O3S/c1-4-6-16(25)23-8-7-22(10-12(23)3)14-9-13(18)19-17(20-14)27-11-15(24)21-26-5-2/h9,12H,4-8,10-11H2,1-3H3,(H,21,24). The molecule has 1 saturated heterocycles. The zero-order chi connectivity index (χ0) is 19.8. The van der Waals surface area contributed by atoms with Gasteiger partial charge < -0.3 is 9.80 Å². The third kappa shape index (κ3) is 6.51. The molecule has 8 nitrogen and oxygen atoms in total. The van der Waals surface area contributed by atoms with Gasteiger partial charge in [-0.1, -0.05) is 30.3 Å². The summed E-state index contributed by atoms with van der Waals surface area (Å²) >= 11 is 7.34. The van der Waals surface area contributed by atoms with Crippen LogP contribution in [0.5, 0.6) is 0 Å². The number of piperazine rings is 1. The van der Waals surface area contributed by atoms with Crippen LogP contribution in [-0.4, -0.2) is 64.7 Å². The van der Waals surface area contributed by atoms with Crippen molar-refractivity contribution < 1.29 is 14.4 Å². The van der Waals surface area contributed by atoms with Crippen LogP contribution < -0.4 is 10.4 Å². The molecule has 1 aliphatic rings. The van der Waals surface area contributed by atoms with E-state index < -0.39 is 0 Å². The van der Waals surface area contributed by atoms with Crippen molar-refractivity contribution in [3.63, 3.8) is 0 Å². The van der Waals surface area contributed by atoms with Gasteiger partial charge >= 0.3 is 0 Å². The highest BCUT2D eigenvalue weighted by Gasteiger charge is 2.28. The molecule has 1 aliphatic heterocycles. The summed E-state index contributed by atoms with van der Waals surface area (Å²) in [6.07, 6.45) is 1.43. The second kappa shape index (κ2) is 10.7. The number of aromatic nitrogens is 2. The van der Waals surface area contributed by atoms with E-state index in [0.29, 0.717) is 48.8 Å². The van der Waals surface area contributed by atoms with Crippen molar-refractivity contribution in [1.82, 2.24) is 20.3 Å². The minimum atomic E-state index is -0.261. The molecule has 1 fully saturated rings. The van der Waals surface area contributed by atoms with Crippen molar-refractivity contribution in [3.8, 4) is 0 Å². The van der Waals surface area contributed by atoms with Crippen LogP contribution in [0.1, 0.15) is 33.6 Å². The molecule has 0 aliphatic carbocycles. The molecule has 1 aromatic rings. The van der Waals surface area contributed by atoms with E-state index in [4.69, 9.17) is 16.4 Å². The van der Waals surface area contributed by atoms with Crippen LogP contribution >= 0.6 is 23.4 Å². The molecule has 0 aromatic carbocycles. The lowest BCUT2D eigenvalue weighted by Crippen LogP contribution is -2.54. The minimum absolute atomic E-state index is 0.0969. The number of hydrogen-bond donors (Lipinski definition) is 1. The molecule has 1 unspecified atom stereocenters. The second-order valence-corrected chi connectivity index (χ2v) is 7.54. The Hall–Kier alpha value is -1.58. The molecular formula is C17H26ClN5O3S. The van der Waals surface area contributed by atoms with Crippen LogP contribution in [0.4, 0.5) is 5.82 Å². The Morgan fingerprint density at radius 2 is 2.15 bits per heavy atom. The molecule has 0 radical (unpaired) electrons. The first-order valence-corrected chi connectivity index (χ1v) is 10.4. The van der Waals surface area contributed by atoms with Gasteiger partial charge in [-0.3, -0.25) is 14.4 Å². The fourth-order valence-corrected chi connectivity index (χ4v) is 3.69. The van der Waals surface area contributed by atoms with Crippen molar-refractivity contribution >= 4 is 41.0 Å². The predicted molar refractivity (Wildman–Crippen MR) is 106 cm³/mol. The summed E-state index contributed by atoms with van der Waals surface area (Å²) in [5, 5.41) is 0.756. The number of hydrogen-bond acceptors (Lipinski definition) is 7. The molecule has 0 spiro atoms. The number of thioether (sulfide) groups is 1. The van der Waals surface area contributed by atoms with Crippen molar-refractivity contribution in [2.24, 2.45) is 0 Å². The molecule has 10 heteroatoms. The van der Waals surface area contributed by atoms with E-state index >= 15 is 0 Å². The summed E-state index contributed by atoms with van der Waals surface area (Å²) in [6.45, 7) is 8.25. The monoisotopic (exact) mass is 415 g/mol. The lowest BCUT2D eigenvalue weighted by Gasteiger charge is -2.40. The SMILES string of the molecule is CCCC(=O)N1CCN(c2cc(Cl)nc(SCC(=O)NOCC)n2)CC1C. The zero-order valence-electron chi connectivity index (χ0n) is 15.9. The lowest BCUT2D eigenvalue weighted by atomic mass is 10.1. The Bertz CT molecular complexity index is 663. The highest BCUT2D eigenvalue weighted by atomic mass is 35.5. The lowest BCUT2D eigenvalue weighted by molar-refractivity contribution is -0.133. The summed E-state index contributed by atoms with van der Waals surface area (Å²) in [6, 6.07) is 1.81. The van der Waals surface area contributed by atoms with Gasteiger partial charge in [-0.25, -0.2) is 15.4 Å². The maximum Gasteiger partial charge on any atom is 0.254 e. The van der Waals surface area contributed by atoms with Gasteiger partial charge in [-0.2, -0.15) is 0 Å². The van der Waals surface area contributed by atoms with Gasteiger partial charge in [0.15, 0.2) is 5.16 Å². The molecule has 2 heterocycles. The van der Waals surface area contributed by atoms with E-state index in [-0.39, 0.29) is 23.6 Å². The Kier molecular flexibility index (Phi) is 8.59. The summed E-state index contributed by atoms with van der Waals surface area (Å²) in [7, 11) is 0. The van der Waals surface area contributed by atoms with Gasteiger partial charge in [0.2, 0.25) is 5.91 Å². The largest absolute Gasteiger partial charge is 0.353 e. The smallest absolute Gasteiger partial charge is 0.254 e. The predicted octanol–water partition coefficient (Wildman–Crippen LogP) is 2.13. The van der Waals surface area contributed by atoms with E-state index in [1.807, 2.05) is 18.7 Å². The van der Waals surface area contributed by atoms with Gasteiger partial charge in [0.25, 0.3) is 5.91 Å². The fourth-order valence-electron chi connectivity index (χ4n) is 2.82. The highest BCUT2D eigenvalue weighted by Crippen LogP contribution is 2.24. The number of nitrogens with zero attached hydrogens (tertiary/aromatic N) is 4. The third-order valence-electron chi connectivity index (χ3n) is 4.06. The molecule has 2 rings (SSSR count). The summed E-state index contributed by atoms with van der Waals surface area (Å²) < 4.78 is 0. The van der Waals surface area contributed by atoms with Gasteiger partial charge in [-0.15, -0.1) is 0 Å². The molecular weight excluding hydrogens is 390 g/mol. The van der Waals surface area contributed by atoms with Crippen LogP contribution in [0, 0.1) is 0 Å². The molecule has 1 atom stereocenters. The molecule has 150 valence electrons. The van der Waals surface area contributed by atoms with Gasteiger partial charge in [0, 0.05) is 38.2 Å². The maximum atomic E-state index is 12.2. The number of carbonyl (C=O) groups is 2. The average Bonchev–Trinajstić information content (AvgIpc) is 2.64. The number of nitrogens with one attached hydrogen (secondary N) is 1. The third-order valence-corrected chi connectivity index (χ3v) is 5.10. The van der Waals surface area contributed by atoms with Crippen LogP contribution in [0.2, 0.25) is 5.15 Å². The maximum absolute atomic E-state index is 12.2. The van der Waals surface area contributed by atoms with E-state index in [9.17, 15) is 9.59 Å².